The Bertz CT molecular complexity index is 273. The first-order valence-corrected chi connectivity index (χ1v) is 6.01. The number of hydrogen-bond donors (Lipinski definition) is 2. The van der Waals surface area contributed by atoms with Gasteiger partial charge in [-0.3, -0.25) is 4.79 Å². The zero-order valence-corrected chi connectivity index (χ0v) is 8.67. The zero-order valence-electron chi connectivity index (χ0n) is 7.86. The second-order valence-electron chi connectivity index (χ2n) is 3.44. The summed E-state index contributed by atoms with van der Waals surface area (Å²) in [5, 5.41) is 0. The highest BCUT2D eigenvalue weighted by molar-refractivity contribution is 7.90. The average Bonchev–Trinajstić information content (AvgIpc) is 1.81. The lowest BCUT2D eigenvalue weighted by Crippen LogP contribution is -2.38. The van der Waals surface area contributed by atoms with Crippen LogP contribution in [0.1, 0.15) is 13.3 Å². The predicted octanol–water partition coefficient (Wildman–Crippen LogP) is -1.13. The SMILES string of the molecule is CC(CC(N)C(N)=O)CS(C)(=O)=O. The van der Waals surface area contributed by atoms with E-state index < -0.39 is 21.8 Å². The largest absolute Gasteiger partial charge is 0.368 e. The highest BCUT2D eigenvalue weighted by atomic mass is 32.2. The molecule has 0 aromatic heterocycles. The van der Waals surface area contributed by atoms with Crippen LogP contribution in [0.25, 0.3) is 0 Å². The van der Waals surface area contributed by atoms with Crippen molar-refractivity contribution in [3.05, 3.63) is 0 Å². The Hall–Kier alpha value is -0.620. The summed E-state index contributed by atoms with van der Waals surface area (Å²) < 4.78 is 21.7. The van der Waals surface area contributed by atoms with Crippen molar-refractivity contribution in [2.45, 2.75) is 19.4 Å². The number of primary amides is 1. The van der Waals surface area contributed by atoms with Crippen LogP contribution in [0.2, 0.25) is 0 Å². The van der Waals surface area contributed by atoms with E-state index in [2.05, 4.69) is 0 Å². The molecule has 78 valence electrons. The van der Waals surface area contributed by atoms with E-state index in [-0.39, 0.29) is 11.7 Å². The first kappa shape index (κ1) is 12.4. The van der Waals surface area contributed by atoms with Crippen molar-refractivity contribution in [3.8, 4) is 0 Å². The van der Waals surface area contributed by atoms with E-state index >= 15 is 0 Å². The summed E-state index contributed by atoms with van der Waals surface area (Å²) >= 11 is 0. The molecule has 0 bridgehead atoms. The Kier molecular flexibility index (Phi) is 4.35. The van der Waals surface area contributed by atoms with Gasteiger partial charge in [0.1, 0.15) is 9.84 Å². The molecule has 2 unspecified atom stereocenters. The third kappa shape index (κ3) is 6.53. The van der Waals surface area contributed by atoms with Crippen LogP contribution in [0.3, 0.4) is 0 Å². The maximum Gasteiger partial charge on any atom is 0.234 e. The van der Waals surface area contributed by atoms with Crippen LogP contribution < -0.4 is 11.5 Å². The van der Waals surface area contributed by atoms with Gasteiger partial charge in [-0.1, -0.05) is 6.92 Å². The molecule has 0 aliphatic heterocycles. The number of carbonyl (C=O) groups is 1. The van der Waals surface area contributed by atoms with Crippen molar-refractivity contribution >= 4 is 15.7 Å². The summed E-state index contributed by atoms with van der Waals surface area (Å²) in [6.45, 7) is 1.73. The molecule has 6 heteroatoms. The lowest BCUT2D eigenvalue weighted by atomic mass is 10.0. The number of carbonyl (C=O) groups excluding carboxylic acids is 1. The molecule has 1 amide bonds. The van der Waals surface area contributed by atoms with Crippen molar-refractivity contribution in [3.63, 3.8) is 0 Å². The third-order valence-electron chi connectivity index (χ3n) is 1.61. The van der Waals surface area contributed by atoms with Gasteiger partial charge >= 0.3 is 0 Å². The normalized spacial score (nSPS) is 16.5. The van der Waals surface area contributed by atoms with Gasteiger partial charge in [0.2, 0.25) is 5.91 Å². The second-order valence-corrected chi connectivity index (χ2v) is 5.63. The van der Waals surface area contributed by atoms with Gasteiger partial charge in [-0.25, -0.2) is 8.42 Å². The standard InChI is InChI=1S/C7H16N2O3S/c1-5(4-13(2,11)12)3-6(8)7(9)10/h5-6H,3-4,8H2,1-2H3,(H2,9,10). The van der Waals surface area contributed by atoms with E-state index in [0.29, 0.717) is 6.42 Å². The summed E-state index contributed by atoms with van der Waals surface area (Å²) in [7, 11) is -3.00. The van der Waals surface area contributed by atoms with E-state index in [1.54, 1.807) is 6.92 Å². The van der Waals surface area contributed by atoms with Crippen LogP contribution >= 0.6 is 0 Å². The van der Waals surface area contributed by atoms with Gasteiger partial charge in [-0.15, -0.1) is 0 Å². The quantitative estimate of drug-likeness (QED) is 0.596. The van der Waals surface area contributed by atoms with Crippen molar-refractivity contribution in [2.24, 2.45) is 17.4 Å². The fourth-order valence-corrected chi connectivity index (χ4v) is 2.30. The molecular weight excluding hydrogens is 192 g/mol. The van der Waals surface area contributed by atoms with Gasteiger partial charge in [0.25, 0.3) is 0 Å². The highest BCUT2D eigenvalue weighted by Gasteiger charge is 2.17. The van der Waals surface area contributed by atoms with Crippen LogP contribution in [-0.4, -0.2) is 32.4 Å². The van der Waals surface area contributed by atoms with Crippen molar-refractivity contribution in [1.82, 2.24) is 0 Å². The topological polar surface area (TPSA) is 103 Å². The molecule has 0 spiro atoms. The molecule has 0 aliphatic rings. The van der Waals surface area contributed by atoms with Crippen molar-refractivity contribution in [2.75, 3.05) is 12.0 Å². The molecule has 4 N–H and O–H groups in total. The lowest BCUT2D eigenvalue weighted by molar-refractivity contribution is -0.119. The minimum absolute atomic E-state index is 0.0357. The maximum absolute atomic E-state index is 10.8. The minimum atomic E-state index is -3.00. The Morgan fingerprint density at radius 1 is 1.46 bits per heavy atom. The Morgan fingerprint density at radius 2 is 1.92 bits per heavy atom. The van der Waals surface area contributed by atoms with E-state index in [9.17, 15) is 13.2 Å². The molecule has 0 aliphatic carbocycles. The van der Waals surface area contributed by atoms with Gasteiger partial charge < -0.3 is 11.5 Å². The molecule has 0 saturated heterocycles. The van der Waals surface area contributed by atoms with Crippen LogP contribution in [0.15, 0.2) is 0 Å². The monoisotopic (exact) mass is 208 g/mol. The summed E-state index contributed by atoms with van der Waals surface area (Å²) in [4.78, 5) is 10.5. The number of hydrogen-bond acceptors (Lipinski definition) is 4. The zero-order chi connectivity index (χ0) is 10.6. The van der Waals surface area contributed by atoms with Crippen molar-refractivity contribution < 1.29 is 13.2 Å². The van der Waals surface area contributed by atoms with E-state index in [1.165, 1.54) is 0 Å². The van der Waals surface area contributed by atoms with Crippen LogP contribution in [0.4, 0.5) is 0 Å². The molecule has 0 aromatic carbocycles. The third-order valence-corrected chi connectivity index (χ3v) is 2.78. The molecule has 0 fully saturated rings. The Morgan fingerprint density at radius 3 is 2.23 bits per heavy atom. The van der Waals surface area contributed by atoms with Gasteiger partial charge in [-0.2, -0.15) is 0 Å². The lowest BCUT2D eigenvalue weighted by Gasteiger charge is -2.13. The molecular formula is C7H16N2O3S. The van der Waals surface area contributed by atoms with Crippen molar-refractivity contribution in [1.29, 1.82) is 0 Å². The fraction of sp³-hybridized carbons (Fsp3) is 0.857. The molecule has 13 heavy (non-hydrogen) atoms. The molecule has 5 nitrogen and oxygen atoms in total. The molecule has 2 atom stereocenters. The van der Waals surface area contributed by atoms with E-state index in [4.69, 9.17) is 11.5 Å². The summed E-state index contributed by atoms with van der Waals surface area (Å²) in [6.07, 6.45) is 1.46. The number of amides is 1. The predicted molar refractivity (Wildman–Crippen MR) is 50.7 cm³/mol. The van der Waals surface area contributed by atoms with E-state index in [1.807, 2.05) is 0 Å². The number of sulfone groups is 1. The molecule has 0 saturated carbocycles. The van der Waals surface area contributed by atoms with Crippen LogP contribution in [0, 0.1) is 5.92 Å². The van der Waals surface area contributed by atoms with Crippen LogP contribution in [0.5, 0.6) is 0 Å². The van der Waals surface area contributed by atoms with Gasteiger partial charge in [0.15, 0.2) is 0 Å². The Labute approximate surface area is 78.4 Å². The molecule has 0 radical (unpaired) electrons. The number of nitrogens with two attached hydrogens (primary N) is 2. The van der Waals surface area contributed by atoms with Gasteiger partial charge in [-0.05, 0) is 12.3 Å². The van der Waals surface area contributed by atoms with E-state index in [0.717, 1.165) is 6.26 Å². The second kappa shape index (κ2) is 4.57. The summed E-state index contributed by atoms with van der Waals surface area (Å²) in [5.41, 5.74) is 10.3. The highest BCUT2D eigenvalue weighted by Crippen LogP contribution is 2.07. The Balaban J connectivity index is 4.02. The first-order chi connectivity index (χ1) is 5.72. The average molecular weight is 208 g/mol. The molecule has 0 heterocycles. The summed E-state index contributed by atoms with van der Waals surface area (Å²) in [5.74, 6) is -0.702. The molecule has 0 aromatic rings. The number of rotatable bonds is 5. The van der Waals surface area contributed by atoms with Gasteiger partial charge in [0, 0.05) is 6.26 Å². The first-order valence-electron chi connectivity index (χ1n) is 3.95. The smallest absolute Gasteiger partial charge is 0.234 e. The minimum Gasteiger partial charge on any atom is -0.368 e. The molecule has 0 rings (SSSR count). The summed E-state index contributed by atoms with van der Waals surface area (Å²) in [6, 6.07) is -0.753. The maximum atomic E-state index is 10.8. The van der Waals surface area contributed by atoms with Crippen LogP contribution in [-0.2, 0) is 14.6 Å². The fourth-order valence-electron chi connectivity index (χ4n) is 1.13. The van der Waals surface area contributed by atoms with Gasteiger partial charge in [0.05, 0.1) is 11.8 Å².